The van der Waals surface area contributed by atoms with E-state index in [1.165, 1.54) is 6.07 Å². The van der Waals surface area contributed by atoms with Gasteiger partial charge in [-0.05, 0) is 66.0 Å². The van der Waals surface area contributed by atoms with E-state index in [2.05, 4.69) is 20.3 Å². The molecule has 0 N–H and O–H groups in total. The van der Waals surface area contributed by atoms with Gasteiger partial charge in [-0.2, -0.15) is 4.98 Å². The Balaban J connectivity index is 1.23. The minimum absolute atomic E-state index is 0.0341. The topological polar surface area (TPSA) is 112 Å². The summed E-state index contributed by atoms with van der Waals surface area (Å²) in [4.78, 5) is 30.1. The lowest BCUT2D eigenvalue weighted by molar-refractivity contribution is -0.124. The molecular formula is C28H24ClFN4O4. The maximum absolute atomic E-state index is 15.0. The highest BCUT2D eigenvalue weighted by atomic mass is 35.5. The van der Waals surface area contributed by atoms with Gasteiger partial charge in [0, 0.05) is 37.1 Å². The fraction of sp³-hybridized carbons (Fsp3) is 0.357. The summed E-state index contributed by atoms with van der Waals surface area (Å²) < 4.78 is 25.3. The second kappa shape index (κ2) is 9.23. The van der Waals surface area contributed by atoms with Gasteiger partial charge >= 0.3 is 0 Å². The molecule has 2 aliphatic carbocycles. The Kier molecular flexibility index (Phi) is 5.98. The van der Waals surface area contributed by atoms with Gasteiger partial charge in [0.1, 0.15) is 11.6 Å². The Morgan fingerprint density at radius 2 is 1.95 bits per heavy atom. The molecule has 0 bridgehead atoms. The molecule has 194 valence electrons. The summed E-state index contributed by atoms with van der Waals surface area (Å²) in [5, 5.41) is 11.7. The molecule has 0 radical (unpaired) electrons. The van der Waals surface area contributed by atoms with Gasteiger partial charge in [-0.3, -0.25) is 9.59 Å². The molecule has 38 heavy (non-hydrogen) atoms. The molecule has 10 heteroatoms. The Bertz CT molecular complexity index is 1590. The van der Waals surface area contributed by atoms with Gasteiger partial charge in [-0.25, -0.2) is 4.39 Å². The molecule has 2 aromatic heterocycles. The molecule has 8 nitrogen and oxygen atoms in total. The molecule has 2 aliphatic rings. The van der Waals surface area contributed by atoms with E-state index in [0.717, 1.165) is 29.5 Å². The van der Waals surface area contributed by atoms with E-state index in [0.29, 0.717) is 36.6 Å². The normalized spacial score (nSPS) is 17.4. The van der Waals surface area contributed by atoms with Crippen LogP contribution in [0, 0.1) is 25.1 Å². The van der Waals surface area contributed by atoms with E-state index < -0.39 is 11.2 Å². The van der Waals surface area contributed by atoms with Crippen molar-refractivity contribution in [3.05, 3.63) is 70.0 Å². The summed E-state index contributed by atoms with van der Waals surface area (Å²) in [5.41, 5.74) is 3.18. The van der Waals surface area contributed by atoms with E-state index in [1.807, 2.05) is 18.2 Å². The Labute approximate surface area is 222 Å². The van der Waals surface area contributed by atoms with Gasteiger partial charge in [0.2, 0.25) is 23.4 Å². The van der Waals surface area contributed by atoms with Crippen LogP contribution in [0.5, 0.6) is 0 Å². The zero-order chi connectivity index (χ0) is 26.6. The first-order valence-electron chi connectivity index (χ1n) is 12.5. The maximum atomic E-state index is 15.0. The lowest BCUT2D eigenvalue weighted by atomic mass is 9.85. The second-order valence-electron chi connectivity index (χ2n) is 10.2. The van der Waals surface area contributed by atoms with Crippen LogP contribution in [0.3, 0.4) is 0 Å². The largest absolute Gasteiger partial charge is 0.419 e. The van der Waals surface area contributed by atoms with Gasteiger partial charge in [0.05, 0.1) is 5.56 Å². The van der Waals surface area contributed by atoms with Gasteiger partial charge < -0.3 is 8.94 Å². The molecule has 1 fully saturated rings. The van der Waals surface area contributed by atoms with Gasteiger partial charge in [-0.1, -0.05) is 35.0 Å². The van der Waals surface area contributed by atoms with Gasteiger partial charge in [0.25, 0.3) is 5.89 Å². The number of carbonyl (C=O) groups excluding carboxylic acids is 2. The molecule has 0 spiro atoms. The first-order valence-corrected chi connectivity index (χ1v) is 12.9. The molecule has 0 aliphatic heterocycles. The predicted octanol–water partition coefficient (Wildman–Crippen LogP) is 6.24. The summed E-state index contributed by atoms with van der Waals surface area (Å²) in [7, 11) is 0. The average Bonchev–Trinajstić information content (AvgIpc) is 3.17. The summed E-state index contributed by atoms with van der Waals surface area (Å²) >= 11 is 6.21. The third-order valence-corrected chi connectivity index (χ3v) is 7.82. The lowest BCUT2D eigenvalue weighted by Gasteiger charge is -2.17. The molecule has 0 unspecified atom stereocenters. The van der Waals surface area contributed by atoms with Crippen LogP contribution in [0.1, 0.15) is 71.6 Å². The van der Waals surface area contributed by atoms with Gasteiger partial charge in [-0.15, -0.1) is 10.2 Å². The summed E-state index contributed by atoms with van der Waals surface area (Å²) in [5.74, 6) is 0.154. The van der Waals surface area contributed by atoms with Crippen molar-refractivity contribution in [2.24, 2.45) is 5.41 Å². The Morgan fingerprint density at radius 3 is 2.63 bits per heavy atom. The zero-order valence-electron chi connectivity index (χ0n) is 20.9. The van der Waals surface area contributed by atoms with E-state index in [4.69, 9.17) is 20.5 Å². The standard InChI is InChI=1S/C28H24ClFN4O4/c1-14-31-26(34-38-14)25-21(11-19(29)12-22(25)30)17-5-6-20-16(9-17)3-4-18(20)10-24(36)28(7-8-28)13-23(35)27-33-32-15(2)37-27/h5-6,9,11-12,18H,3-4,7-8,10,13H2,1-2H3/t18-/m1/s1. The number of aromatic nitrogens is 4. The third kappa shape index (κ3) is 4.45. The smallest absolute Gasteiger partial charge is 0.284 e. The minimum atomic E-state index is -0.627. The third-order valence-electron chi connectivity index (χ3n) is 7.60. The van der Waals surface area contributed by atoms with Crippen LogP contribution in [0.15, 0.2) is 39.3 Å². The molecule has 6 rings (SSSR count). The van der Waals surface area contributed by atoms with Crippen LogP contribution in [0.25, 0.3) is 22.5 Å². The number of fused-ring (bicyclic) bond motifs is 1. The summed E-state index contributed by atoms with van der Waals surface area (Å²) in [6.45, 7) is 3.27. The second-order valence-corrected chi connectivity index (χ2v) is 10.7. The summed E-state index contributed by atoms with van der Waals surface area (Å²) in [6.07, 6.45) is 3.50. The van der Waals surface area contributed by atoms with Crippen molar-refractivity contribution in [3.63, 3.8) is 0 Å². The fourth-order valence-electron chi connectivity index (χ4n) is 5.45. The number of nitrogens with zero attached hydrogens (tertiary/aromatic N) is 4. The highest BCUT2D eigenvalue weighted by molar-refractivity contribution is 6.31. The number of rotatable bonds is 8. The quantitative estimate of drug-likeness (QED) is 0.244. The van der Waals surface area contributed by atoms with Crippen LogP contribution >= 0.6 is 11.6 Å². The first kappa shape index (κ1) is 24.6. The molecule has 1 atom stereocenters. The minimum Gasteiger partial charge on any atom is -0.419 e. The maximum Gasteiger partial charge on any atom is 0.284 e. The van der Waals surface area contributed by atoms with Crippen molar-refractivity contribution in [2.75, 3.05) is 0 Å². The van der Waals surface area contributed by atoms with Crippen LogP contribution in [0.4, 0.5) is 4.39 Å². The number of halogens is 2. The molecule has 1 saturated carbocycles. The number of hydrogen-bond acceptors (Lipinski definition) is 8. The van der Waals surface area contributed by atoms with Crippen molar-refractivity contribution in [2.45, 2.75) is 58.3 Å². The van der Waals surface area contributed by atoms with Crippen molar-refractivity contribution in [1.29, 1.82) is 0 Å². The number of hydrogen-bond donors (Lipinski definition) is 0. The van der Waals surface area contributed by atoms with E-state index >= 15 is 4.39 Å². The van der Waals surface area contributed by atoms with Crippen molar-refractivity contribution in [1.82, 2.24) is 20.3 Å². The Morgan fingerprint density at radius 1 is 1.13 bits per heavy atom. The van der Waals surface area contributed by atoms with Crippen molar-refractivity contribution >= 4 is 23.2 Å². The first-order chi connectivity index (χ1) is 18.2. The summed E-state index contributed by atoms with van der Waals surface area (Å²) in [6, 6.07) is 8.88. The van der Waals surface area contributed by atoms with E-state index in [9.17, 15) is 9.59 Å². The van der Waals surface area contributed by atoms with E-state index in [1.54, 1.807) is 19.9 Å². The monoisotopic (exact) mass is 534 g/mol. The van der Waals surface area contributed by atoms with Crippen LogP contribution < -0.4 is 0 Å². The fourth-order valence-corrected chi connectivity index (χ4v) is 5.66. The van der Waals surface area contributed by atoms with Crippen molar-refractivity contribution in [3.8, 4) is 22.5 Å². The highest BCUT2D eigenvalue weighted by Crippen LogP contribution is 2.53. The SMILES string of the molecule is Cc1nc(-c2c(F)cc(Cl)cc2-c2ccc3c(c2)CC[C@@H]3CC(=O)C2(CC(=O)c3nnc(C)o3)CC2)no1. The molecule has 0 saturated heterocycles. The van der Waals surface area contributed by atoms with Crippen molar-refractivity contribution < 1.29 is 22.9 Å². The Hall–Kier alpha value is -3.72. The van der Waals surface area contributed by atoms with E-state index in [-0.39, 0.29) is 46.2 Å². The average molecular weight is 535 g/mol. The molecule has 4 aromatic rings. The molecule has 0 amide bonds. The molecule has 2 aromatic carbocycles. The van der Waals surface area contributed by atoms with Crippen LogP contribution in [-0.2, 0) is 11.2 Å². The van der Waals surface area contributed by atoms with Crippen LogP contribution in [0.2, 0.25) is 5.02 Å². The number of ketones is 2. The zero-order valence-corrected chi connectivity index (χ0v) is 21.6. The highest BCUT2D eigenvalue weighted by Gasteiger charge is 2.51. The van der Waals surface area contributed by atoms with Gasteiger partial charge in [0.15, 0.2) is 0 Å². The van der Waals surface area contributed by atoms with Crippen LogP contribution in [-0.4, -0.2) is 31.9 Å². The predicted molar refractivity (Wildman–Crippen MR) is 135 cm³/mol. The molecular weight excluding hydrogens is 511 g/mol. The molecule has 2 heterocycles. The number of aryl methyl sites for hydroxylation is 3. The number of Topliss-reactive ketones (excluding diaryl/α,β-unsaturated/α-hetero) is 2. The number of carbonyl (C=O) groups is 2. The number of benzene rings is 2. The lowest BCUT2D eigenvalue weighted by Crippen LogP contribution is -2.22.